The van der Waals surface area contributed by atoms with Crippen molar-refractivity contribution in [3.05, 3.63) is 23.8 Å². The molecule has 1 unspecified atom stereocenters. The summed E-state index contributed by atoms with van der Waals surface area (Å²) in [5.74, 6) is 0.916. The molecule has 1 N–H and O–H groups in total. The van der Waals surface area contributed by atoms with E-state index >= 15 is 0 Å². The van der Waals surface area contributed by atoms with Gasteiger partial charge in [-0.1, -0.05) is 26.0 Å². The summed E-state index contributed by atoms with van der Waals surface area (Å²) in [6, 6.07) is 5.30. The maximum atomic E-state index is 12.7. The van der Waals surface area contributed by atoms with Crippen LogP contribution in [0.1, 0.15) is 32.3 Å². The van der Waals surface area contributed by atoms with Crippen molar-refractivity contribution in [2.75, 3.05) is 13.7 Å². The summed E-state index contributed by atoms with van der Waals surface area (Å²) in [6.07, 6.45) is 2.80. The summed E-state index contributed by atoms with van der Waals surface area (Å²) in [4.78, 5) is 0. The van der Waals surface area contributed by atoms with E-state index in [2.05, 4.69) is 19.2 Å². The summed E-state index contributed by atoms with van der Waals surface area (Å²) in [6.45, 7) is 2.43. The molecule has 5 heteroatoms. The summed E-state index contributed by atoms with van der Waals surface area (Å²) in [5.41, 5.74) is 0.699. The zero-order valence-corrected chi connectivity index (χ0v) is 12.8. The third-order valence-corrected chi connectivity index (χ3v) is 4.38. The van der Waals surface area contributed by atoms with Crippen molar-refractivity contribution in [1.82, 2.24) is 5.32 Å². The Balaban J connectivity index is 2.34. The highest BCUT2D eigenvalue weighted by atomic mass is 19.3. The molecule has 1 saturated heterocycles. The van der Waals surface area contributed by atoms with E-state index in [1.165, 1.54) is 7.11 Å². The van der Waals surface area contributed by atoms with Crippen LogP contribution < -0.4 is 14.8 Å². The van der Waals surface area contributed by atoms with Crippen LogP contribution in [0.4, 0.5) is 8.78 Å². The molecule has 1 atom stereocenters. The number of nitrogens with one attached hydrogen (secondary N) is 1. The molecule has 3 nitrogen and oxygen atoms in total. The predicted molar refractivity (Wildman–Crippen MR) is 78.1 cm³/mol. The van der Waals surface area contributed by atoms with Crippen LogP contribution >= 0.6 is 0 Å². The van der Waals surface area contributed by atoms with Gasteiger partial charge in [0.2, 0.25) is 0 Å². The first-order valence-electron chi connectivity index (χ1n) is 7.34. The molecule has 21 heavy (non-hydrogen) atoms. The van der Waals surface area contributed by atoms with E-state index < -0.39 is 6.61 Å². The molecule has 0 amide bonds. The van der Waals surface area contributed by atoms with E-state index in [1.54, 1.807) is 6.07 Å². The smallest absolute Gasteiger partial charge is 0.387 e. The SMILES string of the molecule is COc1cccc(CC2(C(C)C)CCCN2)c1OC(F)F. The highest BCUT2D eigenvalue weighted by Gasteiger charge is 2.37. The molecule has 0 saturated carbocycles. The Hall–Kier alpha value is -1.36. The lowest BCUT2D eigenvalue weighted by atomic mass is 9.79. The minimum Gasteiger partial charge on any atom is -0.493 e. The fourth-order valence-corrected chi connectivity index (χ4v) is 3.10. The van der Waals surface area contributed by atoms with Gasteiger partial charge in [-0.05, 0) is 37.8 Å². The van der Waals surface area contributed by atoms with Gasteiger partial charge in [-0.25, -0.2) is 0 Å². The predicted octanol–water partition coefficient (Wildman–Crippen LogP) is 3.62. The van der Waals surface area contributed by atoms with Crippen molar-refractivity contribution in [2.45, 2.75) is 45.3 Å². The second kappa shape index (κ2) is 6.60. The minimum atomic E-state index is -2.86. The zero-order chi connectivity index (χ0) is 15.5. The second-order valence-corrected chi connectivity index (χ2v) is 5.84. The summed E-state index contributed by atoms with van der Waals surface area (Å²) >= 11 is 0. The Bertz CT molecular complexity index is 471. The molecular weight excluding hydrogens is 276 g/mol. The van der Waals surface area contributed by atoms with E-state index in [9.17, 15) is 8.78 Å². The number of ether oxygens (including phenoxy) is 2. The molecule has 2 rings (SSSR count). The van der Waals surface area contributed by atoms with Crippen molar-refractivity contribution in [3.63, 3.8) is 0 Å². The van der Waals surface area contributed by atoms with E-state index in [4.69, 9.17) is 9.47 Å². The largest absolute Gasteiger partial charge is 0.493 e. The van der Waals surface area contributed by atoms with Crippen LogP contribution in [-0.2, 0) is 6.42 Å². The maximum Gasteiger partial charge on any atom is 0.387 e. The average molecular weight is 299 g/mol. The molecule has 1 aliphatic heterocycles. The standard InChI is InChI=1S/C16H23F2NO2/c1-11(2)16(8-5-9-19-16)10-12-6-4-7-13(20-3)14(12)21-15(17)18/h4,6-7,11,15,19H,5,8-10H2,1-3H3. The fraction of sp³-hybridized carbons (Fsp3) is 0.625. The first kappa shape index (κ1) is 16.0. The molecule has 0 radical (unpaired) electrons. The van der Waals surface area contributed by atoms with Gasteiger partial charge in [0.25, 0.3) is 0 Å². The lowest BCUT2D eigenvalue weighted by Gasteiger charge is -2.34. The van der Waals surface area contributed by atoms with E-state index in [0.29, 0.717) is 18.1 Å². The van der Waals surface area contributed by atoms with E-state index in [0.717, 1.165) is 24.9 Å². The van der Waals surface area contributed by atoms with Crippen LogP contribution in [-0.4, -0.2) is 25.8 Å². The van der Waals surface area contributed by atoms with Crippen LogP contribution in [0.2, 0.25) is 0 Å². The van der Waals surface area contributed by atoms with E-state index in [1.807, 2.05) is 12.1 Å². The van der Waals surface area contributed by atoms with Crippen LogP contribution in [0.3, 0.4) is 0 Å². The third kappa shape index (κ3) is 3.46. The van der Waals surface area contributed by atoms with Gasteiger partial charge in [-0.2, -0.15) is 8.78 Å². The molecule has 1 fully saturated rings. The molecule has 0 aliphatic carbocycles. The Morgan fingerprint density at radius 2 is 2.10 bits per heavy atom. The van der Waals surface area contributed by atoms with Crippen molar-refractivity contribution < 1.29 is 18.3 Å². The molecule has 1 aliphatic rings. The van der Waals surface area contributed by atoms with Gasteiger partial charge in [0, 0.05) is 11.1 Å². The number of benzene rings is 1. The topological polar surface area (TPSA) is 30.5 Å². The minimum absolute atomic E-state index is 0.0629. The number of para-hydroxylation sites is 1. The van der Waals surface area contributed by atoms with Gasteiger partial charge >= 0.3 is 6.61 Å². The second-order valence-electron chi connectivity index (χ2n) is 5.84. The molecule has 1 aromatic rings. The normalized spacial score (nSPS) is 22.0. The van der Waals surface area contributed by atoms with Crippen LogP contribution in [0.15, 0.2) is 18.2 Å². The quantitative estimate of drug-likeness (QED) is 0.870. The summed E-state index contributed by atoms with van der Waals surface area (Å²) in [7, 11) is 1.46. The molecule has 118 valence electrons. The van der Waals surface area contributed by atoms with Crippen molar-refractivity contribution in [2.24, 2.45) is 5.92 Å². The Morgan fingerprint density at radius 1 is 1.33 bits per heavy atom. The van der Waals surface area contributed by atoms with Crippen molar-refractivity contribution in [1.29, 1.82) is 0 Å². The summed E-state index contributed by atoms with van der Waals surface area (Å²) in [5, 5.41) is 3.55. The number of rotatable bonds is 6. The van der Waals surface area contributed by atoms with Gasteiger partial charge in [-0.15, -0.1) is 0 Å². The first-order valence-corrected chi connectivity index (χ1v) is 7.34. The zero-order valence-electron chi connectivity index (χ0n) is 12.8. The van der Waals surface area contributed by atoms with Gasteiger partial charge in [0.05, 0.1) is 7.11 Å². The number of methoxy groups -OCH3 is 1. The van der Waals surface area contributed by atoms with Crippen molar-refractivity contribution in [3.8, 4) is 11.5 Å². The van der Waals surface area contributed by atoms with Crippen LogP contribution in [0, 0.1) is 5.92 Å². The Labute approximate surface area is 124 Å². The molecule has 0 spiro atoms. The van der Waals surface area contributed by atoms with Gasteiger partial charge in [0.15, 0.2) is 11.5 Å². The highest BCUT2D eigenvalue weighted by molar-refractivity contribution is 5.47. The lowest BCUT2D eigenvalue weighted by Crippen LogP contribution is -2.46. The van der Waals surface area contributed by atoms with Crippen LogP contribution in [0.25, 0.3) is 0 Å². The van der Waals surface area contributed by atoms with Gasteiger partial charge in [0.1, 0.15) is 0 Å². The average Bonchev–Trinajstić information content (AvgIpc) is 2.90. The van der Waals surface area contributed by atoms with Crippen LogP contribution in [0.5, 0.6) is 11.5 Å². The van der Waals surface area contributed by atoms with E-state index in [-0.39, 0.29) is 11.3 Å². The maximum absolute atomic E-state index is 12.7. The number of hydrogen-bond donors (Lipinski definition) is 1. The number of hydrogen-bond acceptors (Lipinski definition) is 3. The molecule has 0 bridgehead atoms. The third-order valence-electron chi connectivity index (χ3n) is 4.38. The molecule has 0 aromatic heterocycles. The Kier molecular flexibility index (Phi) is 5.04. The molecule has 1 heterocycles. The fourth-order valence-electron chi connectivity index (χ4n) is 3.10. The molecule has 1 aromatic carbocycles. The van der Waals surface area contributed by atoms with Crippen molar-refractivity contribution >= 4 is 0 Å². The summed E-state index contributed by atoms with van der Waals surface area (Å²) < 4.78 is 35.3. The lowest BCUT2D eigenvalue weighted by molar-refractivity contribution is -0.0520. The number of halogens is 2. The monoisotopic (exact) mass is 299 g/mol. The van der Waals surface area contributed by atoms with Gasteiger partial charge < -0.3 is 14.8 Å². The van der Waals surface area contributed by atoms with Gasteiger partial charge in [-0.3, -0.25) is 0 Å². The first-order chi connectivity index (χ1) is 9.98. The Morgan fingerprint density at radius 3 is 2.62 bits per heavy atom. The molecular formula is C16H23F2NO2. The number of alkyl halides is 2. The highest BCUT2D eigenvalue weighted by Crippen LogP contribution is 2.38.